The summed E-state index contributed by atoms with van der Waals surface area (Å²) in [5.41, 5.74) is 1.67. The quantitative estimate of drug-likeness (QED) is 0.208. The molecule has 2 amide bonds. The SMILES string of the molecule is O=C(NCCOCCOC(=O)C(F)(F)F)C1=Cc2c(ncnc2Nc2ccc(OC3CCN(C(=O)C4CCCC4)CC3)c(Cl)c2)NCC1. The Labute approximate surface area is 280 Å². The molecule has 260 valence electrons. The number of ether oxygens (including phenoxy) is 3. The van der Waals surface area contributed by atoms with Crippen LogP contribution in [0.4, 0.5) is 30.5 Å². The van der Waals surface area contributed by atoms with E-state index in [9.17, 15) is 27.6 Å². The van der Waals surface area contributed by atoms with E-state index in [-0.39, 0.29) is 43.6 Å². The van der Waals surface area contributed by atoms with Gasteiger partial charge in [-0.25, -0.2) is 14.8 Å². The Hall–Kier alpha value is -4.11. The van der Waals surface area contributed by atoms with Crippen molar-refractivity contribution in [2.24, 2.45) is 5.92 Å². The third-order valence-electron chi connectivity index (χ3n) is 8.35. The Bertz CT molecular complexity index is 1500. The molecule has 1 aliphatic carbocycles. The Morgan fingerprint density at radius 3 is 2.54 bits per heavy atom. The van der Waals surface area contributed by atoms with Crippen LogP contribution in [-0.4, -0.2) is 90.9 Å². The molecule has 5 rings (SSSR count). The minimum atomic E-state index is -5.06. The molecule has 3 aliphatic rings. The number of anilines is 3. The van der Waals surface area contributed by atoms with Gasteiger partial charge in [-0.15, -0.1) is 0 Å². The molecule has 0 radical (unpaired) electrons. The average molecular weight is 695 g/mol. The lowest BCUT2D eigenvalue weighted by molar-refractivity contribution is -0.200. The molecule has 3 N–H and O–H groups in total. The highest BCUT2D eigenvalue weighted by atomic mass is 35.5. The van der Waals surface area contributed by atoms with Crippen LogP contribution in [-0.2, 0) is 23.9 Å². The number of nitrogens with zero attached hydrogens (tertiary/aromatic N) is 3. The summed E-state index contributed by atoms with van der Waals surface area (Å²) >= 11 is 6.62. The van der Waals surface area contributed by atoms with Gasteiger partial charge in [0.05, 0.1) is 23.8 Å². The highest BCUT2D eigenvalue weighted by molar-refractivity contribution is 6.32. The van der Waals surface area contributed by atoms with Crippen LogP contribution < -0.4 is 20.7 Å². The van der Waals surface area contributed by atoms with E-state index < -0.39 is 18.8 Å². The van der Waals surface area contributed by atoms with Crippen LogP contribution in [0.15, 0.2) is 30.1 Å². The summed E-state index contributed by atoms with van der Waals surface area (Å²) in [6.45, 7) is 1.09. The standard InChI is InChI=1S/C32H38ClF3N6O6/c33-25-18-22(5-6-26(25)48-23-8-12-42(13-9-23)30(44)20-3-1-2-4-20)41-28-24-17-21(7-10-37-27(24)39-19-40-28)29(43)38-11-14-46-15-16-47-31(45)32(34,35)36/h5-6,17-20,23H,1-4,7-16H2,(H,38,43)(H2,37,39,40,41). The number of carbonyl (C=O) groups excluding carboxylic acids is 3. The van der Waals surface area contributed by atoms with Crippen LogP contribution in [0.5, 0.6) is 5.75 Å². The molecule has 0 bridgehead atoms. The Balaban J connectivity index is 1.12. The maximum atomic E-state index is 12.9. The molecular weight excluding hydrogens is 657 g/mol. The van der Waals surface area contributed by atoms with Gasteiger partial charge < -0.3 is 35.1 Å². The van der Waals surface area contributed by atoms with E-state index in [0.717, 1.165) is 38.5 Å². The molecular formula is C32H38ClF3N6O6. The summed E-state index contributed by atoms with van der Waals surface area (Å²) in [7, 11) is 0. The second-order valence-electron chi connectivity index (χ2n) is 11.7. The van der Waals surface area contributed by atoms with E-state index in [1.54, 1.807) is 18.2 Å². The zero-order valence-corrected chi connectivity index (χ0v) is 27.0. The summed E-state index contributed by atoms with van der Waals surface area (Å²) in [6.07, 6.45) is 4.13. The van der Waals surface area contributed by atoms with Gasteiger partial charge in [0.2, 0.25) is 11.8 Å². The van der Waals surface area contributed by atoms with Crippen LogP contribution in [0.2, 0.25) is 5.02 Å². The number of hydrogen-bond acceptors (Lipinski definition) is 10. The predicted octanol–water partition coefficient (Wildman–Crippen LogP) is 4.87. The predicted molar refractivity (Wildman–Crippen MR) is 171 cm³/mol. The summed E-state index contributed by atoms with van der Waals surface area (Å²) in [5.74, 6) is -0.649. The number of carbonyl (C=O) groups is 3. The maximum absolute atomic E-state index is 12.9. The van der Waals surface area contributed by atoms with Gasteiger partial charge in [0, 0.05) is 56.2 Å². The number of piperidine rings is 1. The van der Waals surface area contributed by atoms with Crippen LogP contribution >= 0.6 is 11.6 Å². The molecule has 2 aliphatic heterocycles. The number of esters is 1. The highest BCUT2D eigenvalue weighted by Crippen LogP contribution is 2.34. The van der Waals surface area contributed by atoms with Crippen molar-refractivity contribution in [3.05, 3.63) is 40.7 Å². The van der Waals surface area contributed by atoms with E-state index >= 15 is 0 Å². The van der Waals surface area contributed by atoms with Gasteiger partial charge in [-0.05, 0) is 43.5 Å². The topological polar surface area (TPSA) is 144 Å². The van der Waals surface area contributed by atoms with Crippen molar-refractivity contribution in [3.63, 3.8) is 0 Å². The van der Waals surface area contributed by atoms with Gasteiger partial charge >= 0.3 is 12.1 Å². The fraction of sp³-hybridized carbons (Fsp3) is 0.531. The third kappa shape index (κ3) is 9.49. The monoisotopic (exact) mass is 694 g/mol. The largest absolute Gasteiger partial charge is 0.490 e. The number of likely N-dealkylation sites (tertiary alicyclic amines) is 1. The van der Waals surface area contributed by atoms with E-state index in [0.29, 0.717) is 65.3 Å². The van der Waals surface area contributed by atoms with Crippen molar-refractivity contribution in [1.29, 1.82) is 0 Å². The highest BCUT2D eigenvalue weighted by Gasteiger charge is 2.40. The zero-order chi connectivity index (χ0) is 34.1. The molecule has 1 aromatic carbocycles. The number of halogens is 4. The van der Waals surface area contributed by atoms with Gasteiger partial charge in [0.25, 0.3) is 0 Å². The van der Waals surface area contributed by atoms with E-state index in [2.05, 4.69) is 30.7 Å². The summed E-state index contributed by atoms with van der Waals surface area (Å²) in [4.78, 5) is 47.0. The van der Waals surface area contributed by atoms with Gasteiger partial charge in [-0.3, -0.25) is 9.59 Å². The Kier molecular flexibility index (Phi) is 12.0. The Morgan fingerprint density at radius 2 is 1.81 bits per heavy atom. The number of hydrogen-bond donors (Lipinski definition) is 3. The lowest BCUT2D eigenvalue weighted by Gasteiger charge is -2.33. The molecule has 1 saturated heterocycles. The van der Waals surface area contributed by atoms with Crippen molar-refractivity contribution in [3.8, 4) is 5.75 Å². The maximum Gasteiger partial charge on any atom is 0.490 e. The molecule has 0 spiro atoms. The van der Waals surface area contributed by atoms with Crippen molar-refractivity contribution < 1.29 is 41.8 Å². The minimum Gasteiger partial charge on any atom is -0.489 e. The minimum absolute atomic E-state index is 0.00704. The first-order chi connectivity index (χ1) is 23.1. The summed E-state index contributed by atoms with van der Waals surface area (Å²) in [5, 5.41) is 9.57. The molecule has 2 fully saturated rings. The van der Waals surface area contributed by atoms with E-state index in [1.165, 1.54) is 6.33 Å². The smallest absolute Gasteiger partial charge is 0.489 e. The molecule has 16 heteroatoms. The molecule has 0 atom stereocenters. The van der Waals surface area contributed by atoms with Gasteiger partial charge in [0.15, 0.2) is 0 Å². The number of fused-ring (bicyclic) bond motifs is 1. The first-order valence-corrected chi connectivity index (χ1v) is 16.4. The van der Waals surface area contributed by atoms with Gasteiger partial charge in [-0.1, -0.05) is 24.4 Å². The average Bonchev–Trinajstić information content (AvgIpc) is 3.51. The number of nitrogens with one attached hydrogen (secondary N) is 3. The molecule has 0 unspecified atom stereocenters. The molecule has 3 heterocycles. The summed E-state index contributed by atoms with van der Waals surface area (Å²) in [6, 6.07) is 5.34. The van der Waals surface area contributed by atoms with Crippen molar-refractivity contribution >= 4 is 52.8 Å². The zero-order valence-electron chi connectivity index (χ0n) is 26.2. The van der Waals surface area contributed by atoms with Crippen molar-refractivity contribution in [2.45, 2.75) is 57.2 Å². The van der Waals surface area contributed by atoms with Crippen LogP contribution in [0.3, 0.4) is 0 Å². The number of rotatable bonds is 12. The Morgan fingerprint density at radius 1 is 1.04 bits per heavy atom. The van der Waals surface area contributed by atoms with Crippen molar-refractivity contribution in [1.82, 2.24) is 20.2 Å². The number of aromatic nitrogens is 2. The van der Waals surface area contributed by atoms with Gasteiger partial charge in [0.1, 0.15) is 36.4 Å². The molecule has 12 nitrogen and oxygen atoms in total. The third-order valence-corrected chi connectivity index (χ3v) is 8.65. The fourth-order valence-corrected chi connectivity index (χ4v) is 6.08. The molecule has 48 heavy (non-hydrogen) atoms. The first-order valence-electron chi connectivity index (χ1n) is 16.0. The lowest BCUT2D eigenvalue weighted by Crippen LogP contribution is -2.44. The first kappa shape index (κ1) is 35.2. The summed E-state index contributed by atoms with van der Waals surface area (Å²) < 4.78 is 51.9. The van der Waals surface area contributed by atoms with Crippen LogP contribution in [0.25, 0.3) is 6.08 Å². The second-order valence-corrected chi connectivity index (χ2v) is 12.1. The number of alkyl halides is 3. The fourth-order valence-electron chi connectivity index (χ4n) is 5.86. The van der Waals surface area contributed by atoms with Gasteiger partial charge in [-0.2, -0.15) is 13.2 Å². The van der Waals surface area contributed by atoms with Crippen LogP contribution in [0, 0.1) is 5.92 Å². The van der Waals surface area contributed by atoms with Crippen molar-refractivity contribution in [2.75, 3.05) is 56.6 Å². The molecule has 1 saturated carbocycles. The number of amides is 2. The molecule has 2 aromatic rings. The number of benzene rings is 1. The van der Waals surface area contributed by atoms with E-state index in [4.69, 9.17) is 21.1 Å². The lowest BCUT2D eigenvalue weighted by atomic mass is 10.0. The van der Waals surface area contributed by atoms with Crippen LogP contribution in [0.1, 0.15) is 50.5 Å². The normalized spacial score (nSPS) is 17.1. The second kappa shape index (κ2) is 16.3. The van der Waals surface area contributed by atoms with E-state index in [1.807, 2.05) is 11.0 Å². The molecule has 1 aromatic heterocycles.